The van der Waals surface area contributed by atoms with Gasteiger partial charge < -0.3 is 14.7 Å². The van der Waals surface area contributed by atoms with E-state index in [4.69, 9.17) is 14.8 Å². The number of ether oxygens (including phenoxy) is 1. The number of carboxylic acid groups (broad SMARTS) is 1. The molecule has 156 valence electrons. The molecule has 0 unspecified atom stereocenters. The fraction of sp³-hybridized carbons (Fsp3) is 0.333. The summed E-state index contributed by atoms with van der Waals surface area (Å²) in [6.07, 6.45) is 0.977. The van der Waals surface area contributed by atoms with Crippen LogP contribution in [0.15, 0.2) is 54.6 Å². The fourth-order valence-electron chi connectivity index (χ4n) is 3.86. The van der Waals surface area contributed by atoms with Crippen molar-refractivity contribution in [3.63, 3.8) is 0 Å². The zero-order valence-corrected chi connectivity index (χ0v) is 17.3. The number of hydrogen-bond donors (Lipinski definition) is 1. The minimum atomic E-state index is -0.876. The number of carboxylic acids is 1. The van der Waals surface area contributed by atoms with Crippen molar-refractivity contribution in [1.82, 2.24) is 9.88 Å². The van der Waals surface area contributed by atoms with Gasteiger partial charge in [-0.15, -0.1) is 0 Å². The Hall–Kier alpha value is -2.96. The molecule has 0 amide bonds. The van der Waals surface area contributed by atoms with Crippen molar-refractivity contribution in [3.05, 3.63) is 60.2 Å². The number of hydrogen-bond acceptors (Lipinski definition) is 5. The highest BCUT2D eigenvalue weighted by atomic mass is 16.5. The number of rotatable bonds is 7. The Morgan fingerprint density at radius 3 is 2.63 bits per heavy atom. The normalized spacial score (nSPS) is 14.7. The van der Waals surface area contributed by atoms with Gasteiger partial charge in [0.25, 0.3) is 0 Å². The molecule has 2 aromatic carbocycles. The van der Waals surface area contributed by atoms with E-state index in [0.29, 0.717) is 5.82 Å². The smallest absolute Gasteiger partial charge is 0.323 e. The van der Waals surface area contributed by atoms with Crippen LogP contribution in [-0.2, 0) is 16.0 Å². The van der Waals surface area contributed by atoms with Crippen LogP contribution >= 0.6 is 0 Å². The summed E-state index contributed by atoms with van der Waals surface area (Å²) in [6.45, 7) is 4.53. The van der Waals surface area contributed by atoms with E-state index in [-0.39, 0.29) is 6.54 Å². The lowest BCUT2D eigenvalue weighted by Crippen LogP contribution is -2.37. The number of morpholine rings is 1. The van der Waals surface area contributed by atoms with Crippen molar-refractivity contribution >= 4 is 22.7 Å². The maximum atomic E-state index is 11.2. The van der Waals surface area contributed by atoms with Crippen molar-refractivity contribution in [2.45, 2.75) is 6.42 Å². The molecule has 1 aliphatic heterocycles. The number of aromatic nitrogens is 1. The first kappa shape index (κ1) is 20.3. The molecule has 2 heterocycles. The molecule has 0 spiro atoms. The van der Waals surface area contributed by atoms with E-state index in [9.17, 15) is 4.79 Å². The Morgan fingerprint density at radius 1 is 1.13 bits per heavy atom. The lowest BCUT2D eigenvalue weighted by molar-refractivity contribution is -0.135. The summed E-state index contributed by atoms with van der Waals surface area (Å²) in [5.74, 6) is -0.219. The highest BCUT2D eigenvalue weighted by Gasteiger charge is 2.14. The van der Waals surface area contributed by atoms with Gasteiger partial charge in [-0.05, 0) is 41.3 Å². The molecule has 1 fully saturated rings. The molecule has 0 radical (unpaired) electrons. The van der Waals surface area contributed by atoms with E-state index in [1.807, 2.05) is 24.3 Å². The predicted octanol–water partition coefficient (Wildman–Crippen LogP) is 3.30. The topological polar surface area (TPSA) is 65.9 Å². The summed E-state index contributed by atoms with van der Waals surface area (Å²) in [5.41, 5.74) is 4.32. The highest BCUT2D eigenvalue weighted by molar-refractivity contribution is 5.96. The lowest BCUT2D eigenvalue weighted by Gasteiger charge is -2.26. The third-order valence-electron chi connectivity index (χ3n) is 5.53. The van der Waals surface area contributed by atoms with Gasteiger partial charge in [-0.25, -0.2) is 4.98 Å². The van der Waals surface area contributed by atoms with Crippen LogP contribution in [0.2, 0.25) is 0 Å². The van der Waals surface area contributed by atoms with E-state index in [1.165, 1.54) is 5.56 Å². The van der Waals surface area contributed by atoms with Crippen LogP contribution in [0.1, 0.15) is 5.56 Å². The Morgan fingerprint density at radius 2 is 1.90 bits per heavy atom. The minimum Gasteiger partial charge on any atom is -0.480 e. The second-order valence-electron chi connectivity index (χ2n) is 7.70. The molecule has 6 nitrogen and oxygen atoms in total. The third-order valence-corrected chi connectivity index (χ3v) is 5.53. The largest absolute Gasteiger partial charge is 0.480 e. The summed E-state index contributed by atoms with van der Waals surface area (Å²) in [5, 5.41) is 10.3. The summed E-state index contributed by atoms with van der Waals surface area (Å²) in [4.78, 5) is 20.0. The number of benzene rings is 2. The summed E-state index contributed by atoms with van der Waals surface area (Å²) < 4.78 is 5.44. The van der Waals surface area contributed by atoms with E-state index >= 15 is 0 Å². The first-order valence-electron chi connectivity index (χ1n) is 10.3. The van der Waals surface area contributed by atoms with Gasteiger partial charge in [-0.2, -0.15) is 0 Å². The number of likely N-dealkylation sites (N-methyl/N-ethyl adjacent to an activating group) is 1. The molecule has 0 atom stereocenters. The summed E-state index contributed by atoms with van der Waals surface area (Å²) in [7, 11) is 1.76. The quantitative estimate of drug-likeness (QED) is 0.651. The van der Waals surface area contributed by atoms with Gasteiger partial charge in [0.05, 0.1) is 18.7 Å². The molecule has 1 saturated heterocycles. The molecule has 3 aromatic rings. The van der Waals surface area contributed by atoms with Crippen molar-refractivity contribution in [3.8, 4) is 11.1 Å². The van der Waals surface area contributed by atoms with Gasteiger partial charge in [0.15, 0.2) is 0 Å². The van der Waals surface area contributed by atoms with Crippen molar-refractivity contribution in [1.29, 1.82) is 0 Å². The number of pyridine rings is 1. The lowest BCUT2D eigenvalue weighted by atomic mass is 9.98. The molecule has 1 aromatic heterocycles. The maximum Gasteiger partial charge on any atom is 0.323 e. The van der Waals surface area contributed by atoms with E-state index < -0.39 is 5.97 Å². The number of nitrogens with zero attached hydrogens (tertiary/aromatic N) is 3. The second kappa shape index (κ2) is 9.24. The first-order chi connectivity index (χ1) is 14.6. The molecule has 30 heavy (non-hydrogen) atoms. The Labute approximate surface area is 176 Å². The van der Waals surface area contributed by atoms with E-state index in [0.717, 1.165) is 61.3 Å². The van der Waals surface area contributed by atoms with Crippen molar-refractivity contribution in [2.24, 2.45) is 0 Å². The predicted molar refractivity (Wildman–Crippen MR) is 119 cm³/mol. The first-order valence-corrected chi connectivity index (χ1v) is 10.3. The molecular weight excluding hydrogens is 378 g/mol. The molecule has 4 rings (SSSR count). The number of aliphatic carboxylic acids is 1. The Balaban J connectivity index is 1.69. The molecular formula is C24H27N3O3. The Kier molecular flexibility index (Phi) is 6.26. The number of carbonyl (C=O) groups is 1. The monoisotopic (exact) mass is 405 g/mol. The van der Waals surface area contributed by atoms with Gasteiger partial charge in [0, 0.05) is 32.1 Å². The van der Waals surface area contributed by atoms with Crippen LogP contribution in [-0.4, -0.2) is 67.4 Å². The van der Waals surface area contributed by atoms with Crippen LogP contribution < -0.4 is 4.90 Å². The van der Waals surface area contributed by atoms with Crippen LogP contribution in [0.5, 0.6) is 0 Å². The zero-order chi connectivity index (χ0) is 20.9. The molecule has 6 heteroatoms. The zero-order valence-electron chi connectivity index (χ0n) is 17.3. The molecule has 1 aliphatic rings. The average molecular weight is 405 g/mol. The van der Waals surface area contributed by atoms with Crippen LogP contribution in [0.25, 0.3) is 22.0 Å². The SMILES string of the molecule is CN(CC(=O)O)c1cc(-c2ccccc2)c2cc(CCN3CCOCC3)ccc2n1. The van der Waals surface area contributed by atoms with Crippen molar-refractivity contribution < 1.29 is 14.6 Å². The van der Waals surface area contributed by atoms with Gasteiger partial charge in [0.2, 0.25) is 0 Å². The van der Waals surface area contributed by atoms with Gasteiger partial charge in [-0.3, -0.25) is 9.69 Å². The average Bonchev–Trinajstić information content (AvgIpc) is 2.77. The molecule has 0 aliphatic carbocycles. The van der Waals surface area contributed by atoms with Gasteiger partial charge in [-0.1, -0.05) is 36.4 Å². The molecule has 1 N–H and O–H groups in total. The summed E-state index contributed by atoms with van der Waals surface area (Å²) >= 11 is 0. The molecule has 0 bridgehead atoms. The Bertz CT molecular complexity index is 1020. The van der Waals surface area contributed by atoms with Crippen LogP contribution in [0.3, 0.4) is 0 Å². The van der Waals surface area contributed by atoms with Gasteiger partial charge in [0.1, 0.15) is 12.4 Å². The van der Waals surface area contributed by atoms with E-state index in [1.54, 1.807) is 11.9 Å². The maximum absolute atomic E-state index is 11.2. The van der Waals surface area contributed by atoms with Gasteiger partial charge >= 0.3 is 5.97 Å². The minimum absolute atomic E-state index is 0.0929. The third kappa shape index (κ3) is 4.78. The summed E-state index contributed by atoms with van der Waals surface area (Å²) in [6, 6.07) is 18.6. The van der Waals surface area contributed by atoms with Crippen LogP contribution in [0.4, 0.5) is 5.82 Å². The highest BCUT2D eigenvalue weighted by Crippen LogP contribution is 2.32. The van der Waals surface area contributed by atoms with Crippen LogP contribution in [0, 0.1) is 0 Å². The second-order valence-corrected chi connectivity index (χ2v) is 7.70. The number of anilines is 1. The molecule has 0 saturated carbocycles. The fourth-order valence-corrected chi connectivity index (χ4v) is 3.86. The standard InChI is InChI=1S/C24H27N3O3/c1-26(17-24(28)29)23-16-20(19-5-3-2-4-6-19)21-15-18(7-8-22(21)25-23)9-10-27-11-13-30-14-12-27/h2-8,15-16H,9-14,17H2,1H3,(H,28,29). The van der Waals surface area contributed by atoms with Crippen molar-refractivity contribution in [2.75, 3.05) is 51.3 Å². The van der Waals surface area contributed by atoms with E-state index in [2.05, 4.69) is 35.2 Å². The number of fused-ring (bicyclic) bond motifs is 1.